The summed E-state index contributed by atoms with van der Waals surface area (Å²) in [5.41, 5.74) is 4.26. The van der Waals surface area contributed by atoms with Crippen LogP contribution in [0.5, 0.6) is 0 Å². The van der Waals surface area contributed by atoms with Gasteiger partial charge < -0.3 is 0 Å². The van der Waals surface area contributed by atoms with Gasteiger partial charge in [-0.25, -0.2) is 0 Å². The maximum Gasteiger partial charge on any atom is 0.168 e. The number of benzene rings is 2. The molecule has 0 aliphatic heterocycles. The monoisotopic (exact) mass is 271 g/mol. The number of fused-ring (bicyclic) bond motifs is 1. The summed E-state index contributed by atoms with van der Waals surface area (Å²) in [5.74, 6) is 0.864. The van der Waals surface area contributed by atoms with E-state index in [1.807, 2.05) is 59.0 Å². The van der Waals surface area contributed by atoms with E-state index in [2.05, 4.69) is 34.6 Å². The molecule has 0 spiro atoms. The second-order valence-electron chi connectivity index (χ2n) is 4.90. The minimum Gasteiger partial charge on any atom is -0.282 e. The first kappa shape index (κ1) is 11.9. The summed E-state index contributed by atoms with van der Waals surface area (Å²) < 4.78 is 2.04. The molecule has 3 heteroatoms. The number of hydrogen-bond acceptors (Lipinski definition) is 2. The molecular formula is C18H13N3. The van der Waals surface area contributed by atoms with Crippen LogP contribution in [0.1, 0.15) is 0 Å². The van der Waals surface area contributed by atoms with Crippen LogP contribution < -0.4 is 0 Å². The highest BCUT2D eigenvalue weighted by Gasteiger charge is 2.08. The molecule has 4 rings (SSSR count). The lowest BCUT2D eigenvalue weighted by molar-refractivity contribution is 1.11. The Labute approximate surface area is 122 Å². The molecule has 0 saturated carbocycles. The molecule has 3 nitrogen and oxygen atoms in total. The Bertz CT molecular complexity index is 880. The molecule has 0 bridgehead atoms. The van der Waals surface area contributed by atoms with Crippen LogP contribution >= 0.6 is 0 Å². The highest BCUT2D eigenvalue weighted by Crippen LogP contribution is 2.23. The quantitative estimate of drug-likeness (QED) is 0.550. The molecule has 0 N–H and O–H groups in total. The van der Waals surface area contributed by atoms with Gasteiger partial charge in [0.05, 0.1) is 0 Å². The third kappa shape index (κ3) is 2.09. The van der Waals surface area contributed by atoms with Crippen LogP contribution in [0.25, 0.3) is 28.2 Å². The van der Waals surface area contributed by atoms with Crippen LogP contribution in [0, 0.1) is 0 Å². The van der Waals surface area contributed by atoms with E-state index in [9.17, 15) is 0 Å². The van der Waals surface area contributed by atoms with Crippen molar-refractivity contribution in [1.82, 2.24) is 14.6 Å². The summed E-state index contributed by atoms with van der Waals surface area (Å²) in [7, 11) is 0. The maximum atomic E-state index is 4.31. The molecule has 0 unspecified atom stereocenters. The van der Waals surface area contributed by atoms with Crippen LogP contribution in [0.15, 0.2) is 79.0 Å². The van der Waals surface area contributed by atoms with Gasteiger partial charge in [-0.2, -0.15) is 0 Å². The first-order valence-corrected chi connectivity index (χ1v) is 6.87. The minimum absolute atomic E-state index is 0.855. The van der Waals surface area contributed by atoms with Crippen LogP contribution in [0.3, 0.4) is 0 Å². The molecule has 2 aromatic carbocycles. The van der Waals surface area contributed by atoms with Crippen molar-refractivity contribution in [2.24, 2.45) is 0 Å². The lowest BCUT2D eigenvalue weighted by Crippen LogP contribution is -1.90. The van der Waals surface area contributed by atoms with Gasteiger partial charge in [-0.15, -0.1) is 10.2 Å². The Kier molecular flexibility index (Phi) is 2.75. The molecular weight excluding hydrogens is 258 g/mol. The average molecular weight is 271 g/mol. The molecule has 0 aliphatic rings. The lowest BCUT2D eigenvalue weighted by Gasteiger charge is -2.04. The van der Waals surface area contributed by atoms with Crippen LogP contribution in [-0.4, -0.2) is 14.6 Å². The Morgan fingerprint density at radius 1 is 0.571 bits per heavy atom. The largest absolute Gasteiger partial charge is 0.282 e. The predicted molar refractivity (Wildman–Crippen MR) is 83.9 cm³/mol. The minimum atomic E-state index is 0.855. The first-order chi connectivity index (χ1) is 10.4. The average Bonchev–Trinajstić information content (AvgIpc) is 2.99. The van der Waals surface area contributed by atoms with Crippen molar-refractivity contribution in [1.29, 1.82) is 0 Å². The van der Waals surface area contributed by atoms with Crippen molar-refractivity contribution < 1.29 is 0 Å². The van der Waals surface area contributed by atoms with Gasteiger partial charge in [-0.3, -0.25) is 4.40 Å². The Hall–Kier alpha value is -2.94. The topological polar surface area (TPSA) is 30.2 Å². The SMILES string of the molecule is c1ccc(-c2ccc3nnc(-c4ccccc4)n3c2)cc1. The predicted octanol–water partition coefficient (Wildman–Crippen LogP) is 4.06. The van der Waals surface area contributed by atoms with E-state index in [0.29, 0.717) is 0 Å². The second kappa shape index (κ2) is 4.87. The molecule has 4 aromatic rings. The number of hydrogen-bond donors (Lipinski definition) is 0. The van der Waals surface area contributed by atoms with Gasteiger partial charge in [0.1, 0.15) is 0 Å². The van der Waals surface area contributed by atoms with Crippen molar-refractivity contribution in [2.75, 3.05) is 0 Å². The number of nitrogens with zero attached hydrogens (tertiary/aromatic N) is 3. The molecule has 0 atom stereocenters. The molecule has 0 aliphatic carbocycles. The van der Waals surface area contributed by atoms with Crippen LogP contribution in [0.2, 0.25) is 0 Å². The first-order valence-electron chi connectivity index (χ1n) is 6.87. The van der Waals surface area contributed by atoms with Crippen molar-refractivity contribution >= 4 is 5.65 Å². The number of pyridine rings is 1. The Morgan fingerprint density at radius 3 is 1.95 bits per heavy atom. The van der Waals surface area contributed by atoms with E-state index >= 15 is 0 Å². The summed E-state index contributed by atoms with van der Waals surface area (Å²) in [6, 6.07) is 24.5. The van der Waals surface area contributed by atoms with Crippen LogP contribution in [-0.2, 0) is 0 Å². The Balaban J connectivity index is 1.91. The van der Waals surface area contributed by atoms with E-state index < -0.39 is 0 Å². The van der Waals surface area contributed by atoms with Gasteiger partial charge in [0.25, 0.3) is 0 Å². The summed E-state index contributed by atoms with van der Waals surface area (Å²) >= 11 is 0. The zero-order valence-corrected chi connectivity index (χ0v) is 11.3. The fourth-order valence-corrected chi connectivity index (χ4v) is 2.48. The summed E-state index contributed by atoms with van der Waals surface area (Å²) in [6.45, 7) is 0. The van der Waals surface area contributed by atoms with Crippen molar-refractivity contribution in [3.8, 4) is 22.5 Å². The van der Waals surface area contributed by atoms with Crippen molar-refractivity contribution in [3.05, 3.63) is 79.0 Å². The van der Waals surface area contributed by atoms with E-state index in [4.69, 9.17) is 0 Å². The van der Waals surface area contributed by atoms with Gasteiger partial charge in [0.15, 0.2) is 11.5 Å². The standard InChI is InChI=1S/C18H13N3/c1-3-7-14(8-4-1)16-11-12-17-19-20-18(21(17)13-16)15-9-5-2-6-10-15/h1-13H. The van der Waals surface area contributed by atoms with E-state index in [-0.39, 0.29) is 0 Å². The normalized spacial score (nSPS) is 10.9. The molecule has 21 heavy (non-hydrogen) atoms. The van der Waals surface area contributed by atoms with E-state index in [1.165, 1.54) is 5.56 Å². The molecule has 100 valence electrons. The van der Waals surface area contributed by atoms with Gasteiger partial charge in [0.2, 0.25) is 0 Å². The molecule has 0 radical (unpaired) electrons. The van der Waals surface area contributed by atoms with Gasteiger partial charge in [-0.05, 0) is 23.3 Å². The van der Waals surface area contributed by atoms with Crippen LogP contribution in [0.4, 0.5) is 0 Å². The van der Waals surface area contributed by atoms with Gasteiger partial charge in [0, 0.05) is 11.8 Å². The summed E-state index contributed by atoms with van der Waals surface area (Å²) in [5, 5.41) is 8.56. The fraction of sp³-hybridized carbons (Fsp3) is 0. The number of aromatic nitrogens is 3. The summed E-state index contributed by atoms with van der Waals surface area (Å²) in [4.78, 5) is 0. The molecule has 0 saturated heterocycles. The van der Waals surface area contributed by atoms with E-state index in [1.54, 1.807) is 0 Å². The zero-order chi connectivity index (χ0) is 14.1. The Morgan fingerprint density at radius 2 is 1.24 bits per heavy atom. The molecule has 2 aromatic heterocycles. The van der Waals surface area contributed by atoms with Crippen molar-refractivity contribution in [2.45, 2.75) is 0 Å². The molecule has 2 heterocycles. The smallest absolute Gasteiger partial charge is 0.168 e. The van der Waals surface area contributed by atoms with Gasteiger partial charge >= 0.3 is 0 Å². The lowest BCUT2D eigenvalue weighted by atomic mass is 10.1. The zero-order valence-electron chi connectivity index (χ0n) is 11.3. The highest BCUT2D eigenvalue weighted by atomic mass is 15.2. The van der Waals surface area contributed by atoms with Crippen molar-refractivity contribution in [3.63, 3.8) is 0 Å². The molecule has 0 fully saturated rings. The van der Waals surface area contributed by atoms with Gasteiger partial charge in [-0.1, -0.05) is 60.7 Å². The number of rotatable bonds is 2. The highest BCUT2D eigenvalue weighted by molar-refractivity contribution is 5.67. The van der Waals surface area contributed by atoms with E-state index in [0.717, 1.165) is 22.6 Å². The second-order valence-corrected chi connectivity index (χ2v) is 4.90. The maximum absolute atomic E-state index is 4.31. The fourth-order valence-electron chi connectivity index (χ4n) is 2.48. The third-order valence-electron chi connectivity index (χ3n) is 3.54. The summed E-state index contributed by atoms with van der Waals surface area (Å²) in [6.07, 6.45) is 2.09. The third-order valence-corrected chi connectivity index (χ3v) is 3.54. The molecule has 0 amide bonds.